The van der Waals surface area contributed by atoms with Crippen molar-refractivity contribution in [2.75, 3.05) is 11.9 Å². The Balaban J connectivity index is 1.82. The van der Waals surface area contributed by atoms with Crippen LogP contribution in [0.3, 0.4) is 0 Å². The maximum Gasteiger partial charge on any atom is 0.319 e. The van der Waals surface area contributed by atoms with Crippen LogP contribution in [0.5, 0.6) is 0 Å². The van der Waals surface area contributed by atoms with Crippen LogP contribution in [0.25, 0.3) is 0 Å². The lowest BCUT2D eigenvalue weighted by Crippen LogP contribution is -2.32. The van der Waals surface area contributed by atoms with Gasteiger partial charge in [0.25, 0.3) is 0 Å². The summed E-state index contributed by atoms with van der Waals surface area (Å²) in [4.78, 5) is 15.5. The zero-order chi connectivity index (χ0) is 14.4. The summed E-state index contributed by atoms with van der Waals surface area (Å²) in [6.07, 6.45) is 2.37. The second-order valence-corrected chi connectivity index (χ2v) is 4.58. The SMILES string of the molecule is O=C(NC[C@H](O)c1ccc(Cl)cc1)Nc1cccnc1. The number of amides is 2. The van der Waals surface area contributed by atoms with Crippen LogP contribution in [0.2, 0.25) is 5.02 Å². The van der Waals surface area contributed by atoms with E-state index in [4.69, 9.17) is 11.6 Å². The van der Waals surface area contributed by atoms with Gasteiger partial charge in [0.15, 0.2) is 0 Å². The Labute approximate surface area is 121 Å². The van der Waals surface area contributed by atoms with E-state index in [1.165, 1.54) is 6.20 Å². The van der Waals surface area contributed by atoms with Gasteiger partial charge in [-0.2, -0.15) is 0 Å². The molecule has 0 aliphatic rings. The maximum absolute atomic E-state index is 11.6. The zero-order valence-corrected chi connectivity index (χ0v) is 11.3. The predicted molar refractivity (Wildman–Crippen MR) is 77.7 cm³/mol. The molecule has 0 aliphatic heterocycles. The molecule has 1 heterocycles. The molecule has 1 aromatic heterocycles. The first kappa shape index (κ1) is 14.3. The van der Waals surface area contributed by atoms with Crippen molar-refractivity contribution < 1.29 is 9.90 Å². The number of hydrogen-bond acceptors (Lipinski definition) is 3. The summed E-state index contributed by atoms with van der Waals surface area (Å²) in [5.74, 6) is 0. The molecule has 5 nitrogen and oxygen atoms in total. The van der Waals surface area contributed by atoms with Crippen molar-refractivity contribution in [1.82, 2.24) is 10.3 Å². The molecule has 0 saturated heterocycles. The van der Waals surface area contributed by atoms with Gasteiger partial charge < -0.3 is 15.7 Å². The third kappa shape index (κ3) is 4.22. The number of halogens is 1. The van der Waals surface area contributed by atoms with E-state index in [2.05, 4.69) is 15.6 Å². The minimum absolute atomic E-state index is 0.105. The highest BCUT2D eigenvalue weighted by Gasteiger charge is 2.09. The maximum atomic E-state index is 11.6. The lowest BCUT2D eigenvalue weighted by atomic mass is 10.1. The normalized spacial score (nSPS) is 11.7. The van der Waals surface area contributed by atoms with Crippen LogP contribution in [0, 0.1) is 0 Å². The molecule has 1 atom stereocenters. The molecule has 0 bridgehead atoms. The van der Waals surface area contributed by atoms with Crippen molar-refractivity contribution in [3.8, 4) is 0 Å². The average Bonchev–Trinajstić information content (AvgIpc) is 2.46. The molecular formula is C14H14ClN3O2. The summed E-state index contributed by atoms with van der Waals surface area (Å²) in [6, 6.07) is 9.86. The van der Waals surface area contributed by atoms with E-state index in [1.54, 1.807) is 42.6 Å². The van der Waals surface area contributed by atoms with Crippen molar-refractivity contribution in [3.63, 3.8) is 0 Å². The van der Waals surface area contributed by atoms with Crippen LogP contribution in [0.4, 0.5) is 10.5 Å². The monoisotopic (exact) mass is 291 g/mol. The van der Waals surface area contributed by atoms with Gasteiger partial charge in [-0.15, -0.1) is 0 Å². The molecule has 0 spiro atoms. The molecule has 20 heavy (non-hydrogen) atoms. The zero-order valence-electron chi connectivity index (χ0n) is 10.6. The number of aliphatic hydroxyl groups excluding tert-OH is 1. The van der Waals surface area contributed by atoms with Gasteiger partial charge in [-0.25, -0.2) is 4.79 Å². The van der Waals surface area contributed by atoms with Crippen molar-refractivity contribution >= 4 is 23.3 Å². The number of benzene rings is 1. The minimum Gasteiger partial charge on any atom is -0.387 e. The number of carbonyl (C=O) groups is 1. The van der Waals surface area contributed by atoms with Crippen LogP contribution in [0.1, 0.15) is 11.7 Å². The minimum atomic E-state index is -0.785. The van der Waals surface area contributed by atoms with E-state index < -0.39 is 12.1 Å². The Bertz CT molecular complexity index is 560. The molecule has 104 valence electrons. The Hall–Kier alpha value is -2.11. The Morgan fingerprint density at radius 2 is 2.05 bits per heavy atom. The van der Waals surface area contributed by atoms with Crippen molar-refractivity contribution in [1.29, 1.82) is 0 Å². The third-order valence-corrected chi connectivity index (χ3v) is 2.88. The van der Waals surface area contributed by atoms with Gasteiger partial charge >= 0.3 is 6.03 Å². The lowest BCUT2D eigenvalue weighted by molar-refractivity contribution is 0.175. The van der Waals surface area contributed by atoms with Gasteiger partial charge in [0, 0.05) is 17.8 Å². The highest BCUT2D eigenvalue weighted by molar-refractivity contribution is 6.30. The molecule has 0 radical (unpaired) electrons. The number of pyridine rings is 1. The van der Waals surface area contributed by atoms with Crippen LogP contribution in [-0.2, 0) is 0 Å². The standard InChI is InChI=1S/C14H14ClN3O2/c15-11-5-3-10(4-6-11)13(19)9-17-14(20)18-12-2-1-7-16-8-12/h1-8,13,19H,9H2,(H2,17,18,20)/t13-/m0/s1. The van der Waals surface area contributed by atoms with Crippen molar-refractivity contribution in [2.45, 2.75) is 6.10 Å². The van der Waals surface area contributed by atoms with E-state index in [-0.39, 0.29) is 6.54 Å². The molecule has 2 amide bonds. The fourth-order valence-electron chi connectivity index (χ4n) is 1.60. The topological polar surface area (TPSA) is 74.2 Å². The molecule has 0 unspecified atom stereocenters. The molecule has 0 saturated carbocycles. The third-order valence-electron chi connectivity index (χ3n) is 2.63. The van der Waals surface area contributed by atoms with Gasteiger partial charge in [0.2, 0.25) is 0 Å². The summed E-state index contributed by atoms with van der Waals surface area (Å²) in [5.41, 5.74) is 1.28. The fraction of sp³-hybridized carbons (Fsp3) is 0.143. The highest BCUT2D eigenvalue weighted by atomic mass is 35.5. The van der Waals surface area contributed by atoms with Gasteiger partial charge in [0.05, 0.1) is 18.0 Å². The first-order valence-corrected chi connectivity index (χ1v) is 6.41. The summed E-state index contributed by atoms with van der Waals surface area (Å²) in [6.45, 7) is 0.105. The van der Waals surface area contributed by atoms with E-state index in [1.807, 2.05) is 0 Å². The largest absolute Gasteiger partial charge is 0.387 e. The first-order valence-electron chi connectivity index (χ1n) is 6.03. The molecule has 1 aromatic carbocycles. The Morgan fingerprint density at radius 1 is 1.30 bits per heavy atom. The summed E-state index contributed by atoms with van der Waals surface area (Å²) in [5, 5.41) is 15.7. The van der Waals surface area contributed by atoms with Crippen LogP contribution >= 0.6 is 11.6 Å². The predicted octanol–water partition coefficient (Wildman–Crippen LogP) is 2.59. The molecule has 2 aromatic rings. The molecular weight excluding hydrogens is 278 g/mol. The van der Waals surface area contributed by atoms with Crippen molar-refractivity contribution in [2.24, 2.45) is 0 Å². The van der Waals surface area contributed by atoms with E-state index >= 15 is 0 Å². The van der Waals surface area contributed by atoms with Gasteiger partial charge in [-0.3, -0.25) is 4.98 Å². The second-order valence-electron chi connectivity index (χ2n) is 4.14. The lowest BCUT2D eigenvalue weighted by Gasteiger charge is -2.13. The number of aliphatic hydroxyl groups is 1. The second kappa shape index (κ2) is 6.88. The van der Waals surface area contributed by atoms with Gasteiger partial charge in [-0.05, 0) is 29.8 Å². The molecule has 0 fully saturated rings. The number of nitrogens with zero attached hydrogens (tertiary/aromatic N) is 1. The number of aromatic nitrogens is 1. The number of carbonyl (C=O) groups excluding carboxylic acids is 1. The number of urea groups is 1. The smallest absolute Gasteiger partial charge is 0.319 e. The van der Waals surface area contributed by atoms with E-state index in [0.717, 1.165) is 0 Å². The highest BCUT2D eigenvalue weighted by Crippen LogP contribution is 2.15. The van der Waals surface area contributed by atoms with Gasteiger partial charge in [-0.1, -0.05) is 23.7 Å². The summed E-state index contributed by atoms with van der Waals surface area (Å²) >= 11 is 5.77. The number of hydrogen-bond donors (Lipinski definition) is 3. The van der Waals surface area contributed by atoms with Gasteiger partial charge in [0.1, 0.15) is 0 Å². The van der Waals surface area contributed by atoms with E-state index in [9.17, 15) is 9.90 Å². The Kier molecular flexibility index (Phi) is 4.92. The van der Waals surface area contributed by atoms with Crippen LogP contribution in [0.15, 0.2) is 48.8 Å². The molecule has 6 heteroatoms. The Morgan fingerprint density at radius 3 is 2.70 bits per heavy atom. The summed E-state index contributed by atoms with van der Waals surface area (Å²) < 4.78 is 0. The molecule has 0 aliphatic carbocycles. The van der Waals surface area contributed by atoms with Crippen LogP contribution < -0.4 is 10.6 Å². The number of anilines is 1. The number of rotatable bonds is 4. The summed E-state index contributed by atoms with van der Waals surface area (Å²) in [7, 11) is 0. The quantitative estimate of drug-likeness (QED) is 0.810. The van der Waals surface area contributed by atoms with E-state index in [0.29, 0.717) is 16.3 Å². The average molecular weight is 292 g/mol. The number of nitrogens with one attached hydrogen (secondary N) is 2. The van der Waals surface area contributed by atoms with Crippen molar-refractivity contribution in [3.05, 3.63) is 59.4 Å². The molecule has 3 N–H and O–H groups in total. The molecule has 2 rings (SSSR count). The van der Waals surface area contributed by atoms with Crippen LogP contribution in [-0.4, -0.2) is 22.7 Å². The first-order chi connectivity index (χ1) is 9.65. The fourth-order valence-corrected chi connectivity index (χ4v) is 1.73.